The molecule has 0 atom stereocenters. The van der Waals surface area contributed by atoms with E-state index in [1.807, 2.05) is 45.3 Å². The van der Waals surface area contributed by atoms with E-state index in [9.17, 15) is 4.79 Å². The van der Waals surface area contributed by atoms with Gasteiger partial charge in [0.2, 0.25) is 5.95 Å². The molecule has 0 aliphatic heterocycles. The molecule has 6 nitrogen and oxygen atoms in total. The van der Waals surface area contributed by atoms with Crippen LogP contribution < -0.4 is 10.6 Å². The van der Waals surface area contributed by atoms with Crippen molar-refractivity contribution in [3.8, 4) is 0 Å². The molecule has 1 amide bonds. The predicted octanol–water partition coefficient (Wildman–Crippen LogP) is 3.16. The lowest BCUT2D eigenvalue weighted by Crippen LogP contribution is -2.19. The van der Waals surface area contributed by atoms with Crippen molar-refractivity contribution < 1.29 is 4.79 Å². The summed E-state index contributed by atoms with van der Waals surface area (Å²) < 4.78 is 0.905. The summed E-state index contributed by atoms with van der Waals surface area (Å²) in [5.41, 5.74) is 1.81. The summed E-state index contributed by atoms with van der Waals surface area (Å²) in [6.45, 7) is 3.59. The van der Waals surface area contributed by atoms with E-state index >= 15 is 0 Å². The number of amides is 1. The van der Waals surface area contributed by atoms with Crippen molar-refractivity contribution in [3.63, 3.8) is 0 Å². The van der Waals surface area contributed by atoms with Crippen LogP contribution in [0.4, 0.5) is 11.6 Å². The summed E-state index contributed by atoms with van der Waals surface area (Å²) in [5.74, 6) is 0.225. The second kappa shape index (κ2) is 8.75. The Kier molecular flexibility index (Phi) is 6.69. The van der Waals surface area contributed by atoms with Crippen LogP contribution in [0.1, 0.15) is 22.6 Å². The molecule has 24 heavy (non-hydrogen) atoms. The molecule has 0 fully saturated rings. The molecule has 1 heterocycles. The van der Waals surface area contributed by atoms with Crippen molar-refractivity contribution in [2.24, 2.45) is 0 Å². The minimum absolute atomic E-state index is 0.255. The van der Waals surface area contributed by atoms with Crippen LogP contribution >= 0.6 is 15.9 Å². The molecule has 0 unspecified atom stereocenters. The summed E-state index contributed by atoms with van der Waals surface area (Å²) in [7, 11) is 4.07. The Labute approximate surface area is 150 Å². The topological polar surface area (TPSA) is 70.2 Å². The van der Waals surface area contributed by atoms with Gasteiger partial charge in [0, 0.05) is 22.4 Å². The molecule has 2 N–H and O–H groups in total. The van der Waals surface area contributed by atoms with Crippen LogP contribution in [-0.4, -0.2) is 48.0 Å². The van der Waals surface area contributed by atoms with Crippen molar-refractivity contribution in [2.75, 3.05) is 37.8 Å². The summed E-state index contributed by atoms with van der Waals surface area (Å²) in [5, 5.41) is 6.01. The Hall–Kier alpha value is -1.99. The quantitative estimate of drug-likeness (QED) is 0.709. The van der Waals surface area contributed by atoms with Crippen LogP contribution in [0.5, 0.6) is 0 Å². The van der Waals surface area contributed by atoms with E-state index in [0.29, 0.717) is 17.3 Å². The SMILES string of the molecule is Cc1cc(C(=O)Nc2cccc(Br)c2)nc(NCCCN(C)C)n1. The van der Waals surface area contributed by atoms with Crippen LogP contribution in [0.2, 0.25) is 0 Å². The van der Waals surface area contributed by atoms with Crippen LogP contribution in [0.25, 0.3) is 0 Å². The van der Waals surface area contributed by atoms with Gasteiger partial charge >= 0.3 is 0 Å². The number of carbonyl (C=O) groups excluding carboxylic acids is 1. The van der Waals surface area contributed by atoms with Gasteiger partial charge in [-0.3, -0.25) is 4.79 Å². The smallest absolute Gasteiger partial charge is 0.274 e. The van der Waals surface area contributed by atoms with Gasteiger partial charge in [0.05, 0.1) is 0 Å². The van der Waals surface area contributed by atoms with Crippen molar-refractivity contribution in [2.45, 2.75) is 13.3 Å². The molecule has 1 aromatic heterocycles. The lowest BCUT2D eigenvalue weighted by atomic mass is 10.3. The summed E-state index contributed by atoms with van der Waals surface area (Å²) >= 11 is 3.39. The normalized spacial score (nSPS) is 10.7. The average Bonchev–Trinajstić information content (AvgIpc) is 2.51. The average molecular weight is 392 g/mol. The molecule has 0 spiro atoms. The van der Waals surface area contributed by atoms with E-state index in [1.165, 1.54) is 0 Å². The fraction of sp³-hybridized carbons (Fsp3) is 0.353. The van der Waals surface area contributed by atoms with Gasteiger partial charge in [-0.2, -0.15) is 0 Å². The van der Waals surface area contributed by atoms with Crippen molar-refractivity contribution in [1.29, 1.82) is 0 Å². The van der Waals surface area contributed by atoms with Gasteiger partial charge in [0.25, 0.3) is 5.91 Å². The number of hydrogen-bond acceptors (Lipinski definition) is 5. The molecule has 0 radical (unpaired) electrons. The monoisotopic (exact) mass is 391 g/mol. The number of halogens is 1. The number of hydrogen-bond donors (Lipinski definition) is 2. The number of anilines is 2. The Bertz CT molecular complexity index is 705. The van der Waals surface area contributed by atoms with Gasteiger partial charge in [0.15, 0.2) is 0 Å². The maximum absolute atomic E-state index is 12.4. The lowest BCUT2D eigenvalue weighted by molar-refractivity contribution is 0.102. The maximum atomic E-state index is 12.4. The number of carbonyl (C=O) groups is 1. The predicted molar refractivity (Wildman–Crippen MR) is 101 cm³/mol. The summed E-state index contributed by atoms with van der Waals surface area (Å²) in [4.78, 5) is 23.2. The zero-order valence-electron chi connectivity index (χ0n) is 14.1. The summed E-state index contributed by atoms with van der Waals surface area (Å²) in [6, 6.07) is 9.12. The van der Waals surface area contributed by atoms with Crippen LogP contribution in [0.15, 0.2) is 34.8 Å². The third-order valence-electron chi connectivity index (χ3n) is 3.23. The molecule has 1 aromatic carbocycles. The van der Waals surface area contributed by atoms with E-state index < -0.39 is 0 Å². The van der Waals surface area contributed by atoms with E-state index in [0.717, 1.165) is 29.7 Å². The Morgan fingerprint density at radius 3 is 2.75 bits per heavy atom. The minimum atomic E-state index is -0.255. The second-order valence-corrected chi connectivity index (χ2v) is 6.68. The van der Waals surface area contributed by atoms with Gasteiger partial charge in [-0.1, -0.05) is 22.0 Å². The van der Waals surface area contributed by atoms with Gasteiger partial charge in [-0.25, -0.2) is 9.97 Å². The molecule has 2 aromatic rings. The summed E-state index contributed by atoms with van der Waals surface area (Å²) in [6.07, 6.45) is 0.976. The molecule has 2 rings (SSSR count). The highest BCUT2D eigenvalue weighted by Gasteiger charge is 2.11. The third-order valence-corrected chi connectivity index (χ3v) is 3.73. The van der Waals surface area contributed by atoms with Crippen LogP contribution in [0.3, 0.4) is 0 Å². The first-order valence-electron chi connectivity index (χ1n) is 7.75. The molecule has 0 aliphatic rings. The molecule has 0 saturated heterocycles. The molecular weight excluding hydrogens is 370 g/mol. The number of nitrogens with zero attached hydrogens (tertiary/aromatic N) is 3. The van der Waals surface area contributed by atoms with E-state index in [1.54, 1.807) is 6.07 Å². The highest BCUT2D eigenvalue weighted by Crippen LogP contribution is 2.16. The van der Waals surface area contributed by atoms with Crippen molar-refractivity contribution in [1.82, 2.24) is 14.9 Å². The number of benzene rings is 1. The molecule has 128 valence electrons. The third kappa shape index (κ3) is 5.90. The first-order valence-corrected chi connectivity index (χ1v) is 8.54. The van der Waals surface area contributed by atoms with Crippen molar-refractivity contribution >= 4 is 33.5 Å². The van der Waals surface area contributed by atoms with Crippen LogP contribution in [0, 0.1) is 6.92 Å². The highest BCUT2D eigenvalue weighted by molar-refractivity contribution is 9.10. The van der Waals surface area contributed by atoms with Gasteiger partial charge < -0.3 is 15.5 Å². The highest BCUT2D eigenvalue weighted by atomic mass is 79.9. The van der Waals surface area contributed by atoms with Gasteiger partial charge in [-0.15, -0.1) is 0 Å². The fourth-order valence-corrected chi connectivity index (χ4v) is 2.52. The minimum Gasteiger partial charge on any atom is -0.354 e. The molecule has 7 heteroatoms. The Morgan fingerprint density at radius 1 is 1.25 bits per heavy atom. The standard InChI is InChI=1S/C17H22BrN5O/c1-12-10-15(16(24)21-14-7-4-6-13(18)11-14)22-17(20-12)19-8-5-9-23(2)3/h4,6-7,10-11H,5,8-9H2,1-3H3,(H,21,24)(H,19,20,22). The van der Waals surface area contributed by atoms with Crippen molar-refractivity contribution in [3.05, 3.63) is 46.2 Å². The molecule has 0 saturated carbocycles. The maximum Gasteiger partial charge on any atom is 0.274 e. The fourth-order valence-electron chi connectivity index (χ4n) is 2.12. The second-order valence-electron chi connectivity index (χ2n) is 5.77. The van der Waals surface area contributed by atoms with E-state index in [2.05, 4.69) is 41.4 Å². The number of rotatable bonds is 7. The molecular formula is C17H22BrN5O. The van der Waals surface area contributed by atoms with E-state index in [-0.39, 0.29) is 5.91 Å². The number of aromatic nitrogens is 2. The van der Waals surface area contributed by atoms with Crippen LogP contribution in [-0.2, 0) is 0 Å². The first kappa shape index (κ1) is 18.4. The zero-order valence-corrected chi connectivity index (χ0v) is 15.7. The largest absolute Gasteiger partial charge is 0.354 e. The van der Waals surface area contributed by atoms with Gasteiger partial charge in [-0.05, 0) is 58.3 Å². The molecule has 0 bridgehead atoms. The number of aryl methyl sites for hydroxylation is 1. The Morgan fingerprint density at radius 2 is 2.04 bits per heavy atom. The number of nitrogens with one attached hydrogen (secondary N) is 2. The Balaban J connectivity index is 2.02. The molecule has 0 aliphatic carbocycles. The first-order chi connectivity index (χ1) is 11.4. The van der Waals surface area contributed by atoms with Gasteiger partial charge in [0.1, 0.15) is 5.69 Å². The van der Waals surface area contributed by atoms with E-state index in [4.69, 9.17) is 0 Å². The lowest BCUT2D eigenvalue weighted by Gasteiger charge is -2.11. The zero-order chi connectivity index (χ0) is 17.5.